The number of aromatic nitrogens is 5. The van der Waals surface area contributed by atoms with Crippen molar-refractivity contribution in [2.24, 2.45) is 0 Å². The molecule has 0 saturated carbocycles. The van der Waals surface area contributed by atoms with Crippen LogP contribution in [0.5, 0.6) is 0 Å². The maximum Gasteiger partial charge on any atom is 0.276 e. The molecule has 3 aromatic rings. The van der Waals surface area contributed by atoms with Gasteiger partial charge in [0.15, 0.2) is 10.7 Å². The number of hydrogen-bond donors (Lipinski definition) is 1. The van der Waals surface area contributed by atoms with Gasteiger partial charge in [-0.25, -0.2) is 13.4 Å². The van der Waals surface area contributed by atoms with Gasteiger partial charge in [0.05, 0.1) is 24.4 Å². The zero-order valence-electron chi connectivity index (χ0n) is 15.0. The fourth-order valence-electron chi connectivity index (χ4n) is 3.07. The van der Waals surface area contributed by atoms with E-state index in [0.29, 0.717) is 19.5 Å². The van der Waals surface area contributed by atoms with Gasteiger partial charge in [0.1, 0.15) is 0 Å². The molecule has 11 heteroatoms. The number of benzene rings is 1. The van der Waals surface area contributed by atoms with Crippen LogP contribution in [0.1, 0.15) is 16.9 Å². The number of aromatic amines is 1. The lowest BCUT2D eigenvalue weighted by atomic mass is 10.3. The molecule has 1 aromatic carbocycles. The van der Waals surface area contributed by atoms with Gasteiger partial charge in [0.2, 0.25) is 0 Å². The zero-order chi connectivity index (χ0) is 19.6. The normalized spacial score (nSPS) is 16.1. The van der Waals surface area contributed by atoms with Crippen molar-refractivity contribution in [1.82, 2.24) is 34.2 Å². The second-order valence-electron chi connectivity index (χ2n) is 6.32. The molecule has 1 fully saturated rings. The van der Waals surface area contributed by atoms with Crippen LogP contribution in [0.3, 0.4) is 0 Å². The Morgan fingerprint density at radius 1 is 1.04 bits per heavy atom. The molecule has 1 saturated heterocycles. The number of H-pyrrole nitrogens is 1. The van der Waals surface area contributed by atoms with E-state index in [2.05, 4.69) is 20.2 Å². The predicted octanol–water partition coefficient (Wildman–Crippen LogP) is 0.527. The number of imidazole rings is 1. The molecule has 28 heavy (non-hydrogen) atoms. The minimum absolute atomic E-state index is 0.0538. The van der Waals surface area contributed by atoms with Crippen LogP contribution in [-0.2, 0) is 10.0 Å². The second-order valence-corrected chi connectivity index (χ2v) is 8.23. The van der Waals surface area contributed by atoms with Gasteiger partial charge in [-0.1, -0.05) is 18.2 Å². The molecule has 4 rings (SSSR count). The number of rotatable bonds is 4. The SMILES string of the molecule is O=C(c1cnn(-c2ccccc2)n1)N1CCCN(S(=O)(=O)c2cnc[nH]2)CC1. The summed E-state index contributed by atoms with van der Waals surface area (Å²) < 4.78 is 26.6. The molecule has 0 aliphatic carbocycles. The number of sulfonamides is 1. The van der Waals surface area contributed by atoms with Gasteiger partial charge in [-0.05, 0) is 18.6 Å². The molecular weight excluding hydrogens is 382 g/mol. The predicted molar refractivity (Wildman–Crippen MR) is 99.2 cm³/mol. The van der Waals surface area contributed by atoms with Crippen molar-refractivity contribution in [1.29, 1.82) is 0 Å². The Morgan fingerprint density at radius 2 is 1.86 bits per heavy atom. The molecule has 0 radical (unpaired) electrons. The molecule has 2 aromatic heterocycles. The highest BCUT2D eigenvalue weighted by Crippen LogP contribution is 2.16. The monoisotopic (exact) mass is 401 g/mol. The Bertz CT molecular complexity index is 1050. The maximum atomic E-state index is 12.8. The lowest BCUT2D eigenvalue weighted by Gasteiger charge is -2.20. The minimum Gasteiger partial charge on any atom is -0.336 e. The van der Waals surface area contributed by atoms with Crippen LogP contribution in [-0.4, -0.2) is 74.7 Å². The molecule has 1 N–H and O–H groups in total. The van der Waals surface area contributed by atoms with E-state index in [9.17, 15) is 13.2 Å². The zero-order valence-corrected chi connectivity index (χ0v) is 15.8. The van der Waals surface area contributed by atoms with Gasteiger partial charge in [-0.3, -0.25) is 4.79 Å². The largest absolute Gasteiger partial charge is 0.336 e. The summed E-state index contributed by atoms with van der Waals surface area (Å²) in [5, 5.41) is 8.47. The van der Waals surface area contributed by atoms with E-state index in [-0.39, 0.29) is 29.7 Å². The number of amides is 1. The van der Waals surface area contributed by atoms with Crippen molar-refractivity contribution in [3.05, 3.63) is 54.7 Å². The van der Waals surface area contributed by atoms with E-state index in [1.165, 1.54) is 27.8 Å². The van der Waals surface area contributed by atoms with Crippen molar-refractivity contribution >= 4 is 15.9 Å². The number of carbonyl (C=O) groups is 1. The summed E-state index contributed by atoms with van der Waals surface area (Å²) in [6.07, 6.45) is 4.58. The Labute approximate surface area is 161 Å². The number of nitrogens with zero attached hydrogens (tertiary/aromatic N) is 6. The molecule has 1 amide bonds. The molecule has 3 heterocycles. The summed E-state index contributed by atoms with van der Waals surface area (Å²) in [7, 11) is -3.64. The summed E-state index contributed by atoms with van der Waals surface area (Å²) >= 11 is 0. The van der Waals surface area contributed by atoms with Gasteiger partial charge in [0.25, 0.3) is 15.9 Å². The lowest BCUT2D eigenvalue weighted by Crippen LogP contribution is -2.37. The van der Waals surface area contributed by atoms with Crippen LogP contribution in [0.15, 0.2) is 54.1 Å². The van der Waals surface area contributed by atoms with Gasteiger partial charge in [-0.2, -0.15) is 14.2 Å². The average Bonchev–Trinajstić information content (AvgIpc) is 3.36. The molecule has 0 atom stereocenters. The van der Waals surface area contributed by atoms with E-state index >= 15 is 0 Å². The van der Waals surface area contributed by atoms with Crippen LogP contribution >= 0.6 is 0 Å². The molecule has 146 valence electrons. The van der Waals surface area contributed by atoms with Gasteiger partial charge in [-0.15, -0.1) is 5.10 Å². The summed E-state index contributed by atoms with van der Waals surface area (Å²) in [4.78, 5) is 22.2. The first-order chi connectivity index (χ1) is 13.6. The quantitative estimate of drug-likeness (QED) is 0.681. The van der Waals surface area contributed by atoms with Crippen LogP contribution in [0.2, 0.25) is 0 Å². The third-order valence-electron chi connectivity index (χ3n) is 4.53. The van der Waals surface area contributed by atoms with Crippen molar-refractivity contribution in [2.45, 2.75) is 11.4 Å². The minimum atomic E-state index is -3.64. The molecule has 0 unspecified atom stereocenters. The fraction of sp³-hybridized carbons (Fsp3) is 0.294. The molecule has 1 aliphatic rings. The van der Waals surface area contributed by atoms with Crippen molar-refractivity contribution in [3.63, 3.8) is 0 Å². The summed E-state index contributed by atoms with van der Waals surface area (Å²) in [6.45, 7) is 1.28. The average molecular weight is 401 g/mol. The topological polar surface area (TPSA) is 117 Å². The molecule has 0 bridgehead atoms. The number of nitrogens with one attached hydrogen (secondary N) is 1. The summed E-state index contributed by atoms with van der Waals surface area (Å²) in [5.74, 6) is -0.261. The first-order valence-corrected chi connectivity index (χ1v) is 10.3. The van der Waals surface area contributed by atoms with E-state index < -0.39 is 10.0 Å². The van der Waals surface area contributed by atoms with Gasteiger partial charge >= 0.3 is 0 Å². The number of para-hydroxylation sites is 1. The van der Waals surface area contributed by atoms with E-state index in [1.807, 2.05) is 30.3 Å². The Morgan fingerprint density at radius 3 is 2.61 bits per heavy atom. The first kappa shape index (κ1) is 18.3. The Kier molecular flexibility index (Phi) is 4.92. The highest BCUT2D eigenvalue weighted by molar-refractivity contribution is 7.89. The van der Waals surface area contributed by atoms with Crippen molar-refractivity contribution in [2.75, 3.05) is 26.2 Å². The van der Waals surface area contributed by atoms with E-state index in [0.717, 1.165) is 5.69 Å². The third-order valence-corrected chi connectivity index (χ3v) is 6.36. The standard InChI is InChI=1S/C17H19N7O3S/c25-17(15-11-20-24(21-15)14-5-2-1-3-6-14)22-7-4-8-23(10-9-22)28(26,27)16-12-18-13-19-16/h1-3,5-6,11-13H,4,7-10H2,(H,18,19). The highest BCUT2D eigenvalue weighted by Gasteiger charge is 2.30. The first-order valence-electron chi connectivity index (χ1n) is 8.81. The van der Waals surface area contributed by atoms with Crippen molar-refractivity contribution in [3.8, 4) is 5.69 Å². The van der Waals surface area contributed by atoms with E-state index in [4.69, 9.17) is 0 Å². The fourth-order valence-corrected chi connectivity index (χ4v) is 4.43. The van der Waals surface area contributed by atoms with Crippen LogP contribution in [0, 0.1) is 0 Å². The Balaban J connectivity index is 1.46. The van der Waals surface area contributed by atoms with Crippen LogP contribution < -0.4 is 0 Å². The molecule has 0 spiro atoms. The second kappa shape index (κ2) is 7.52. The van der Waals surface area contributed by atoms with Gasteiger partial charge < -0.3 is 9.88 Å². The summed E-state index contributed by atoms with van der Waals surface area (Å²) in [6, 6.07) is 9.31. The highest BCUT2D eigenvalue weighted by atomic mass is 32.2. The number of carbonyl (C=O) groups excluding carboxylic acids is 1. The molecule has 10 nitrogen and oxygen atoms in total. The molecule has 1 aliphatic heterocycles. The Hall–Kier alpha value is -3.05. The van der Waals surface area contributed by atoms with E-state index in [1.54, 1.807) is 4.90 Å². The van der Waals surface area contributed by atoms with Crippen LogP contribution in [0.25, 0.3) is 5.69 Å². The van der Waals surface area contributed by atoms with Gasteiger partial charge in [0, 0.05) is 26.2 Å². The third kappa shape index (κ3) is 3.53. The lowest BCUT2D eigenvalue weighted by molar-refractivity contribution is 0.0758. The van der Waals surface area contributed by atoms with Crippen LogP contribution in [0.4, 0.5) is 0 Å². The summed E-state index contributed by atoms with van der Waals surface area (Å²) in [5.41, 5.74) is 0.989. The smallest absolute Gasteiger partial charge is 0.276 e. The number of hydrogen-bond acceptors (Lipinski definition) is 6. The van der Waals surface area contributed by atoms with Crippen molar-refractivity contribution < 1.29 is 13.2 Å². The maximum absolute atomic E-state index is 12.8. The molecular formula is C17H19N7O3S.